The Morgan fingerprint density at radius 3 is 2.64 bits per heavy atom. The number of hydrogen-bond acceptors (Lipinski definition) is 5. The Balaban J connectivity index is 1.63. The van der Waals surface area contributed by atoms with Crippen LogP contribution in [0.5, 0.6) is 11.5 Å². The summed E-state index contributed by atoms with van der Waals surface area (Å²) in [5.41, 5.74) is 0.989. The summed E-state index contributed by atoms with van der Waals surface area (Å²) in [7, 11) is -4.03. The van der Waals surface area contributed by atoms with E-state index in [0.29, 0.717) is 0 Å². The topological polar surface area (TPSA) is 64.6 Å². The van der Waals surface area contributed by atoms with E-state index in [9.17, 15) is 8.42 Å². The van der Waals surface area contributed by atoms with Gasteiger partial charge in [-0.25, -0.2) is 0 Å². The molecule has 5 nitrogen and oxygen atoms in total. The second-order valence-electron chi connectivity index (χ2n) is 6.10. The van der Waals surface area contributed by atoms with Gasteiger partial charge in [0.25, 0.3) is 0 Å². The highest BCUT2D eigenvalue weighted by atomic mass is 35.5. The molecule has 2 aliphatic heterocycles. The fraction of sp³-hybridized carbons (Fsp3) is 0.294. The van der Waals surface area contributed by atoms with E-state index in [0.717, 1.165) is 30.8 Å². The van der Waals surface area contributed by atoms with Crippen LogP contribution in [0, 0.1) is 0 Å². The van der Waals surface area contributed by atoms with Crippen LogP contribution in [-0.2, 0) is 10.1 Å². The van der Waals surface area contributed by atoms with E-state index in [1.165, 1.54) is 18.2 Å². The van der Waals surface area contributed by atoms with Crippen molar-refractivity contribution < 1.29 is 17.3 Å². The molecule has 0 aliphatic carbocycles. The Labute approximate surface area is 156 Å². The van der Waals surface area contributed by atoms with Crippen LogP contribution in [0.15, 0.2) is 41.3 Å². The van der Waals surface area contributed by atoms with Crippen molar-refractivity contribution in [2.24, 2.45) is 0 Å². The molecule has 2 heterocycles. The maximum atomic E-state index is 12.5. The van der Waals surface area contributed by atoms with Crippen LogP contribution >= 0.6 is 23.2 Å². The second kappa shape index (κ2) is 6.36. The van der Waals surface area contributed by atoms with E-state index < -0.39 is 10.1 Å². The molecule has 0 bridgehead atoms. The summed E-state index contributed by atoms with van der Waals surface area (Å²) < 4.78 is 36.2. The second-order valence-corrected chi connectivity index (χ2v) is 8.52. The molecule has 25 heavy (non-hydrogen) atoms. The molecule has 2 aromatic rings. The number of benzene rings is 2. The zero-order valence-electron chi connectivity index (χ0n) is 13.0. The SMILES string of the molecule is O=S(=O)(Oc1ccc2c(c1)C1CCNCC1O2)c1cc(Cl)cc(Cl)c1. The standard InChI is InChI=1S/C17H15Cl2NO4S/c18-10-5-11(19)7-13(6-10)25(21,22)24-12-1-2-16-15(8-12)14-3-4-20-9-17(14)23-16/h1-2,5-8,14,17,20H,3-4,9H2. The highest BCUT2D eigenvalue weighted by molar-refractivity contribution is 7.87. The molecule has 1 saturated heterocycles. The third-order valence-electron chi connectivity index (χ3n) is 4.42. The maximum absolute atomic E-state index is 12.5. The van der Waals surface area contributed by atoms with Crippen LogP contribution in [0.1, 0.15) is 17.9 Å². The molecule has 2 unspecified atom stereocenters. The van der Waals surface area contributed by atoms with Gasteiger partial charge in [0.05, 0.1) is 0 Å². The Morgan fingerprint density at radius 1 is 1.12 bits per heavy atom. The number of piperidine rings is 1. The molecule has 2 aromatic carbocycles. The maximum Gasteiger partial charge on any atom is 0.339 e. The van der Waals surface area contributed by atoms with Gasteiger partial charge in [-0.1, -0.05) is 23.2 Å². The molecule has 2 aliphatic rings. The number of nitrogens with one attached hydrogen (secondary N) is 1. The molecule has 1 fully saturated rings. The van der Waals surface area contributed by atoms with Crippen molar-refractivity contribution in [3.05, 3.63) is 52.0 Å². The number of fused-ring (bicyclic) bond motifs is 3. The van der Waals surface area contributed by atoms with Crippen LogP contribution in [-0.4, -0.2) is 27.6 Å². The summed E-state index contributed by atoms with van der Waals surface area (Å²) in [6.07, 6.45) is 1.03. The van der Waals surface area contributed by atoms with Gasteiger partial charge in [-0.05, 0) is 49.4 Å². The first kappa shape index (κ1) is 17.0. The van der Waals surface area contributed by atoms with Crippen LogP contribution in [0.4, 0.5) is 0 Å². The number of hydrogen-bond donors (Lipinski definition) is 1. The normalized spacial score (nSPS) is 22.0. The van der Waals surface area contributed by atoms with Crippen LogP contribution < -0.4 is 14.2 Å². The molecule has 0 radical (unpaired) electrons. The minimum Gasteiger partial charge on any atom is -0.488 e. The molecular formula is C17H15Cl2NO4S. The first-order valence-corrected chi connectivity index (χ1v) is 10.0. The first-order valence-electron chi connectivity index (χ1n) is 7.84. The molecule has 8 heteroatoms. The van der Waals surface area contributed by atoms with Gasteiger partial charge in [0.15, 0.2) is 0 Å². The minimum atomic E-state index is -4.03. The summed E-state index contributed by atoms with van der Waals surface area (Å²) >= 11 is 11.8. The van der Waals surface area contributed by atoms with Gasteiger partial charge in [-0.2, -0.15) is 8.42 Å². The van der Waals surface area contributed by atoms with Gasteiger partial charge in [-0.3, -0.25) is 0 Å². The van der Waals surface area contributed by atoms with Crippen molar-refractivity contribution in [2.75, 3.05) is 13.1 Å². The summed E-state index contributed by atoms with van der Waals surface area (Å²) in [6, 6.07) is 9.17. The Kier molecular flexibility index (Phi) is 4.32. The van der Waals surface area contributed by atoms with Crippen molar-refractivity contribution in [3.8, 4) is 11.5 Å². The third kappa shape index (κ3) is 3.31. The number of ether oxygens (including phenoxy) is 1. The smallest absolute Gasteiger partial charge is 0.339 e. The van der Waals surface area contributed by atoms with Crippen LogP contribution in [0.2, 0.25) is 10.0 Å². The zero-order valence-corrected chi connectivity index (χ0v) is 15.4. The summed E-state index contributed by atoms with van der Waals surface area (Å²) in [5, 5.41) is 3.76. The van der Waals surface area contributed by atoms with Crippen molar-refractivity contribution in [3.63, 3.8) is 0 Å². The quantitative estimate of drug-likeness (QED) is 0.798. The van der Waals surface area contributed by atoms with Gasteiger partial charge < -0.3 is 14.2 Å². The van der Waals surface area contributed by atoms with Crippen molar-refractivity contribution in [1.82, 2.24) is 5.32 Å². The zero-order chi connectivity index (χ0) is 17.6. The number of halogens is 2. The summed E-state index contributed by atoms with van der Waals surface area (Å²) in [5.74, 6) is 1.29. The van der Waals surface area contributed by atoms with E-state index in [-0.39, 0.29) is 32.7 Å². The van der Waals surface area contributed by atoms with Crippen LogP contribution in [0.25, 0.3) is 0 Å². The first-order chi connectivity index (χ1) is 11.9. The molecule has 1 N–H and O–H groups in total. The molecular weight excluding hydrogens is 385 g/mol. The van der Waals surface area contributed by atoms with Crippen molar-refractivity contribution in [2.45, 2.75) is 23.3 Å². The highest BCUT2D eigenvalue weighted by Crippen LogP contribution is 2.43. The highest BCUT2D eigenvalue weighted by Gasteiger charge is 2.36. The molecule has 0 amide bonds. The minimum absolute atomic E-state index is 0.0820. The van der Waals surface area contributed by atoms with E-state index >= 15 is 0 Å². The fourth-order valence-corrected chi connectivity index (χ4v) is 4.95. The van der Waals surface area contributed by atoms with Gasteiger partial charge in [0.1, 0.15) is 22.5 Å². The third-order valence-corrected chi connectivity index (χ3v) is 6.08. The van der Waals surface area contributed by atoms with Crippen molar-refractivity contribution >= 4 is 33.3 Å². The Bertz CT molecular complexity index is 912. The average Bonchev–Trinajstić information content (AvgIpc) is 2.92. The molecule has 2 atom stereocenters. The molecule has 4 rings (SSSR count). The van der Waals surface area contributed by atoms with Gasteiger partial charge in [-0.15, -0.1) is 0 Å². The van der Waals surface area contributed by atoms with Gasteiger partial charge in [0, 0.05) is 28.1 Å². The predicted molar refractivity (Wildman–Crippen MR) is 95.4 cm³/mol. The lowest BCUT2D eigenvalue weighted by molar-refractivity contribution is 0.177. The average molecular weight is 400 g/mol. The lowest BCUT2D eigenvalue weighted by Crippen LogP contribution is -2.39. The van der Waals surface area contributed by atoms with E-state index in [1.54, 1.807) is 18.2 Å². The van der Waals surface area contributed by atoms with Crippen LogP contribution in [0.3, 0.4) is 0 Å². The Morgan fingerprint density at radius 2 is 1.88 bits per heavy atom. The Hall–Kier alpha value is -1.47. The lowest BCUT2D eigenvalue weighted by Gasteiger charge is -2.24. The van der Waals surface area contributed by atoms with E-state index in [2.05, 4.69) is 5.32 Å². The summed E-state index contributed by atoms with van der Waals surface area (Å²) in [4.78, 5) is -0.0820. The van der Waals surface area contributed by atoms with E-state index in [1.807, 2.05) is 0 Å². The molecule has 0 aromatic heterocycles. The molecule has 132 valence electrons. The molecule has 0 spiro atoms. The largest absolute Gasteiger partial charge is 0.488 e. The fourth-order valence-electron chi connectivity index (χ4n) is 3.30. The van der Waals surface area contributed by atoms with Gasteiger partial charge >= 0.3 is 10.1 Å². The van der Waals surface area contributed by atoms with E-state index in [4.69, 9.17) is 32.1 Å². The lowest BCUT2D eigenvalue weighted by atomic mass is 9.90. The van der Waals surface area contributed by atoms with Gasteiger partial charge in [0.2, 0.25) is 0 Å². The predicted octanol–water partition coefficient (Wildman–Crippen LogP) is 3.60. The van der Waals surface area contributed by atoms with Crippen molar-refractivity contribution in [1.29, 1.82) is 0 Å². The summed E-state index contributed by atoms with van der Waals surface area (Å²) in [6.45, 7) is 1.70. The monoisotopic (exact) mass is 399 g/mol. The molecule has 0 saturated carbocycles. The number of rotatable bonds is 3.